The smallest absolute Gasteiger partial charge is 0.229 e. The highest BCUT2D eigenvalue weighted by molar-refractivity contribution is 5.55. The van der Waals surface area contributed by atoms with Gasteiger partial charge in [0.2, 0.25) is 5.95 Å². The van der Waals surface area contributed by atoms with Gasteiger partial charge in [-0.25, -0.2) is 4.98 Å². The number of nitrogens with one attached hydrogen (secondary N) is 1. The summed E-state index contributed by atoms with van der Waals surface area (Å²) in [7, 11) is 2.16. The SMILES string of the molecule is Cc1cc(N2CCN(C)CC2)nc(Nc2ccccc2)n1. The highest BCUT2D eigenvalue weighted by atomic mass is 15.3. The fourth-order valence-electron chi connectivity index (χ4n) is 2.46. The molecular formula is C16H21N5. The lowest BCUT2D eigenvalue weighted by Gasteiger charge is -2.33. The second kappa shape index (κ2) is 6.10. The van der Waals surface area contributed by atoms with Crippen LogP contribution in [0.1, 0.15) is 5.69 Å². The number of likely N-dealkylation sites (N-methyl/N-ethyl adjacent to an activating group) is 1. The van der Waals surface area contributed by atoms with Crippen LogP contribution in [0.2, 0.25) is 0 Å². The van der Waals surface area contributed by atoms with Crippen molar-refractivity contribution in [3.63, 3.8) is 0 Å². The van der Waals surface area contributed by atoms with Crippen molar-refractivity contribution in [3.05, 3.63) is 42.1 Å². The quantitative estimate of drug-likeness (QED) is 0.936. The number of nitrogens with zero attached hydrogens (tertiary/aromatic N) is 4. The summed E-state index contributed by atoms with van der Waals surface area (Å²) in [5.74, 6) is 1.67. The van der Waals surface area contributed by atoms with Gasteiger partial charge in [-0.3, -0.25) is 0 Å². The van der Waals surface area contributed by atoms with Gasteiger partial charge in [-0.15, -0.1) is 0 Å². The average Bonchev–Trinajstić information content (AvgIpc) is 2.48. The molecule has 110 valence electrons. The molecule has 2 aromatic rings. The van der Waals surface area contributed by atoms with E-state index in [2.05, 4.69) is 38.2 Å². The standard InChI is InChI=1S/C16H21N5/c1-13-12-15(21-10-8-20(2)9-11-21)19-16(17-13)18-14-6-4-3-5-7-14/h3-7,12H,8-11H2,1-2H3,(H,17,18,19). The summed E-state index contributed by atoms with van der Waals surface area (Å²) in [4.78, 5) is 13.8. The molecule has 0 bridgehead atoms. The summed E-state index contributed by atoms with van der Waals surface area (Å²) >= 11 is 0. The van der Waals surface area contributed by atoms with Crippen molar-refractivity contribution in [2.75, 3.05) is 43.4 Å². The van der Waals surface area contributed by atoms with Gasteiger partial charge in [0.25, 0.3) is 0 Å². The zero-order chi connectivity index (χ0) is 14.7. The number of aryl methyl sites for hydroxylation is 1. The van der Waals surface area contributed by atoms with Crippen molar-refractivity contribution < 1.29 is 0 Å². The van der Waals surface area contributed by atoms with Gasteiger partial charge in [0.15, 0.2) is 0 Å². The predicted octanol–water partition coefficient (Wildman–Crippen LogP) is 2.28. The fourth-order valence-corrected chi connectivity index (χ4v) is 2.46. The minimum atomic E-state index is 0.662. The molecule has 1 N–H and O–H groups in total. The van der Waals surface area contributed by atoms with E-state index in [4.69, 9.17) is 0 Å². The normalized spacial score (nSPS) is 16.0. The molecule has 1 aliphatic heterocycles. The third kappa shape index (κ3) is 3.49. The molecule has 2 heterocycles. The lowest BCUT2D eigenvalue weighted by molar-refractivity contribution is 0.312. The van der Waals surface area contributed by atoms with E-state index in [0.29, 0.717) is 5.95 Å². The molecule has 1 aromatic carbocycles. The van der Waals surface area contributed by atoms with Gasteiger partial charge >= 0.3 is 0 Å². The van der Waals surface area contributed by atoms with Crippen LogP contribution in [-0.2, 0) is 0 Å². The second-order valence-corrected chi connectivity index (χ2v) is 5.47. The van der Waals surface area contributed by atoms with E-state index in [0.717, 1.165) is 43.4 Å². The molecule has 0 amide bonds. The molecule has 0 atom stereocenters. The molecule has 1 aromatic heterocycles. The summed E-state index contributed by atoms with van der Waals surface area (Å²) in [6.07, 6.45) is 0. The van der Waals surface area contributed by atoms with E-state index < -0.39 is 0 Å². The fraction of sp³-hybridized carbons (Fsp3) is 0.375. The Morgan fingerprint density at radius 2 is 1.71 bits per heavy atom. The summed E-state index contributed by atoms with van der Waals surface area (Å²) in [6.45, 7) is 6.18. The van der Waals surface area contributed by atoms with Crippen LogP contribution in [0.3, 0.4) is 0 Å². The predicted molar refractivity (Wildman–Crippen MR) is 86.2 cm³/mol. The maximum Gasteiger partial charge on any atom is 0.229 e. The Morgan fingerprint density at radius 1 is 1.00 bits per heavy atom. The van der Waals surface area contributed by atoms with Gasteiger partial charge in [0, 0.05) is 43.6 Å². The van der Waals surface area contributed by atoms with Crippen LogP contribution < -0.4 is 10.2 Å². The molecule has 21 heavy (non-hydrogen) atoms. The Kier molecular flexibility index (Phi) is 4.01. The first-order chi connectivity index (χ1) is 10.2. The summed E-state index contributed by atoms with van der Waals surface area (Å²) in [5, 5.41) is 3.27. The molecule has 0 radical (unpaired) electrons. The van der Waals surface area contributed by atoms with Gasteiger partial charge in [-0.1, -0.05) is 18.2 Å². The van der Waals surface area contributed by atoms with Crippen LogP contribution in [-0.4, -0.2) is 48.1 Å². The van der Waals surface area contributed by atoms with Crippen LogP contribution in [0.4, 0.5) is 17.5 Å². The molecule has 3 rings (SSSR count). The lowest BCUT2D eigenvalue weighted by atomic mass is 10.3. The topological polar surface area (TPSA) is 44.3 Å². The van der Waals surface area contributed by atoms with Crippen LogP contribution in [0.15, 0.2) is 36.4 Å². The number of hydrogen-bond acceptors (Lipinski definition) is 5. The molecule has 1 saturated heterocycles. The van der Waals surface area contributed by atoms with Crippen molar-refractivity contribution in [2.24, 2.45) is 0 Å². The molecule has 5 heteroatoms. The number of hydrogen-bond donors (Lipinski definition) is 1. The lowest BCUT2D eigenvalue weighted by Crippen LogP contribution is -2.44. The van der Waals surface area contributed by atoms with E-state index in [1.807, 2.05) is 37.3 Å². The summed E-state index contributed by atoms with van der Waals surface area (Å²) in [6, 6.07) is 12.1. The molecule has 1 fully saturated rings. The molecule has 1 aliphatic rings. The van der Waals surface area contributed by atoms with E-state index in [1.165, 1.54) is 0 Å². The van der Waals surface area contributed by atoms with Gasteiger partial charge < -0.3 is 15.1 Å². The van der Waals surface area contributed by atoms with Crippen LogP contribution in [0.5, 0.6) is 0 Å². The summed E-state index contributed by atoms with van der Waals surface area (Å²) in [5.41, 5.74) is 1.99. The minimum absolute atomic E-state index is 0.662. The van der Waals surface area contributed by atoms with E-state index >= 15 is 0 Å². The number of para-hydroxylation sites is 1. The highest BCUT2D eigenvalue weighted by Crippen LogP contribution is 2.19. The monoisotopic (exact) mass is 283 g/mol. The Bertz CT molecular complexity index is 591. The molecule has 0 spiro atoms. The van der Waals surface area contributed by atoms with Crippen LogP contribution in [0.25, 0.3) is 0 Å². The number of piperazine rings is 1. The molecular weight excluding hydrogens is 262 g/mol. The zero-order valence-corrected chi connectivity index (χ0v) is 12.6. The van der Waals surface area contributed by atoms with Gasteiger partial charge in [0.1, 0.15) is 5.82 Å². The second-order valence-electron chi connectivity index (χ2n) is 5.47. The largest absolute Gasteiger partial charge is 0.354 e. The first-order valence-corrected chi connectivity index (χ1v) is 7.32. The van der Waals surface area contributed by atoms with Gasteiger partial charge in [-0.2, -0.15) is 4.98 Å². The van der Waals surface area contributed by atoms with E-state index in [9.17, 15) is 0 Å². The Morgan fingerprint density at radius 3 is 2.43 bits per heavy atom. The highest BCUT2D eigenvalue weighted by Gasteiger charge is 2.16. The van der Waals surface area contributed by atoms with Crippen LogP contribution >= 0.6 is 0 Å². The molecule has 0 aliphatic carbocycles. The van der Waals surface area contributed by atoms with E-state index in [1.54, 1.807) is 0 Å². The van der Waals surface area contributed by atoms with Crippen LogP contribution in [0, 0.1) is 6.92 Å². The Hall–Kier alpha value is -2.14. The number of benzene rings is 1. The number of anilines is 3. The minimum Gasteiger partial charge on any atom is -0.354 e. The Balaban J connectivity index is 1.79. The molecule has 0 saturated carbocycles. The number of aromatic nitrogens is 2. The average molecular weight is 283 g/mol. The van der Waals surface area contributed by atoms with Crippen molar-refractivity contribution in [1.82, 2.24) is 14.9 Å². The molecule has 5 nitrogen and oxygen atoms in total. The first-order valence-electron chi connectivity index (χ1n) is 7.32. The number of rotatable bonds is 3. The van der Waals surface area contributed by atoms with Crippen molar-refractivity contribution in [3.8, 4) is 0 Å². The zero-order valence-electron chi connectivity index (χ0n) is 12.6. The van der Waals surface area contributed by atoms with Gasteiger partial charge in [-0.05, 0) is 26.1 Å². The first kappa shape index (κ1) is 13.8. The van der Waals surface area contributed by atoms with Crippen molar-refractivity contribution in [1.29, 1.82) is 0 Å². The Labute approximate surface area is 125 Å². The van der Waals surface area contributed by atoms with E-state index in [-0.39, 0.29) is 0 Å². The summed E-state index contributed by atoms with van der Waals surface area (Å²) < 4.78 is 0. The van der Waals surface area contributed by atoms with Gasteiger partial charge in [0.05, 0.1) is 0 Å². The maximum atomic E-state index is 4.66. The van der Waals surface area contributed by atoms with Crippen molar-refractivity contribution in [2.45, 2.75) is 6.92 Å². The maximum absolute atomic E-state index is 4.66. The third-order valence-corrected chi connectivity index (χ3v) is 3.70. The third-order valence-electron chi connectivity index (χ3n) is 3.70. The van der Waals surface area contributed by atoms with Crippen molar-refractivity contribution >= 4 is 17.5 Å². The molecule has 0 unspecified atom stereocenters.